The fraction of sp³-hybridized carbons (Fsp3) is 0.667. The van der Waals surface area contributed by atoms with Crippen molar-refractivity contribution >= 4 is 0 Å². The van der Waals surface area contributed by atoms with E-state index in [1.54, 1.807) is 0 Å². The van der Waals surface area contributed by atoms with Gasteiger partial charge in [0.2, 0.25) is 0 Å². The molecule has 0 aromatic heterocycles. The first kappa shape index (κ1) is 17.0. The zero-order chi connectivity index (χ0) is 15.3. The summed E-state index contributed by atoms with van der Waals surface area (Å²) in [6.45, 7) is 16.4. The quantitative estimate of drug-likeness (QED) is 0.820. The Morgan fingerprint density at radius 2 is 1.75 bits per heavy atom. The Morgan fingerprint density at radius 1 is 1.10 bits per heavy atom. The fourth-order valence-corrected chi connectivity index (χ4v) is 2.12. The van der Waals surface area contributed by atoms with E-state index in [0.29, 0.717) is 11.8 Å². The summed E-state index contributed by atoms with van der Waals surface area (Å²) in [5, 5.41) is 3.59. The lowest BCUT2D eigenvalue weighted by molar-refractivity contribution is 0.242. The van der Waals surface area contributed by atoms with Crippen molar-refractivity contribution in [2.75, 3.05) is 6.54 Å². The first-order valence-corrected chi connectivity index (χ1v) is 7.70. The predicted octanol–water partition coefficient (Wildman–Crippen LogP) is 4.60. The van der Waals surface area contributed by atoms with Crippen molar-refractivity contribution in [2.24, 2.45) is 5.92 Å². The third-order valence-corrected chi connectivity index (χ3v) is 3.56. The molecule has 0 bridgehead atoms. The van der Waals surface area contributed by atoms with Crippen LogP contribution in [0.5, 0.6) is 5.75 Å². The van der Waals surface area contributed by atoms with Gasteiger partial charge in [-0.1, -0.05) is 26.0 Å². The molecule has 1 aromatic rings. The summed E-state index contributed by atoms with van der Waals surface area (Å²) < 4.78 is 5.78. The molecule has 0 aliphatic heterocycles. The smallest absolute Gasteiger partial charge is 0.119 e. The predicted molar refractivity (Wildman–Crippen MR) is 87.5 cm³/mol. The molecule has 0 radical (unpaired) electrons. The van der Waals surface area contributed by atoms with Gasteiger partial charge in [-0.05, 0) is 70.7 Å². The SMILES string of the molecule is CC(C)Oc1cccc(C(C)C(C)CNC(C)(C)C)c1. The molecule has 0 aliphatic rings. The molecular formula is C18H31NO. The molecule has 0 spiro atoms. The van der Waals surface area contributed by atoms with E-state index in [2.05, 4.69) is 72.0 Å². The van der Waals surface area contributed by atoms with E-state index in [1.807, 2.05) is 6.07 Å². The molecule has 0 heterocycles. The zero-order valence-electron chi connectivity index (χ0n) is 14.2. The Kier molecular flexibility index (Phi) is 6.07. The standard InChI is InChI=1S/C18H31NO/c1-13(2)20-17-10-8-9-16(11-17)15(4)14(3)12-19-18(5,6)7/h8-11,13-15,19H,12H2,1-7H3. The van der Waals surface area contributed by atoms with Crippen molar-refractivity contribution in [3.63, 3.8) is 0 Å². The highest BCUT2D eigenvalue weighted by Gasteiger charge is 2.17. The third kappa shape index (κ3) is 5.96. The molecule has 0 amide bonds. The van der Waals surface area contributed by atoms with Crippen LogP contribution >= 0.6 is 0 Å². The van der Waals surface area contributed by atoms with Gasteiger partial charge in [-0.3, -0.25) is 0 Å². The molecule has 0 saturated carbocycles. The van der Waals surface area contributed by atoms with Gasteiger partial charge < -0.3 is 10.1 Å². The number of hydrogen-bond acceptors (Lipinski definition) is 2. The van der Waals surface area contributed by atoms with Gasteiger partial charge in [0.1, 0.15) is 5.75 Å². The minimum atomic E-state index is 0.177. The molecule has 1 aromatic carbocycles. The second-order valence-corrected chi connectivity index (χ2v) is 7.14. The average Bonchev–Trinajstić information content (AvgIpc) is 2.33. The van der Waals surface area contributed by atoms with Gasteiger partial charge in [-0.25, -0.2) is 0 Å². The topological polar surface area (TPSA) is 21.3 Å². The molecular weight excluding hydrogens is 246 g/mol. The maximum absolute atomic E-state index is 5.78. The molecule has 0 fully saturated rings. The monoisotopic (exact) mass is 277 g/mol. The first-order chi connectivity index (χ1) is 9.19. The van der Waals surface area contributed by atoms with Gasteiger partial charge in [0, 0.05) is 5.54 Å². The number of hydrogen-bond donors (Lipinski definition) is 1. The Balaban J connectivity index is 2.68. The van der Waals surface area contributed by atoms with E-state index < -0.39 is 0 Å². The van der Waals surface area contributed by atoms with Crippen LogP contribution < -0.4 is 10.1 Å². The summed E-state index contributed by atoms with van der Waals surface area (Å²) in [7, 11) is 0. The van der Waals surface area contributed by atoms with Gasteiger partial charge in [0.25, 0.3) is 0 Å². The van der Waals surface area contributed by atoms with Crippen LogP contribution in [0.15, 0.2) is 24.3 Å². The average molecular weight is 277 g/mol. The molecule has 0 saturated heterocycles. The third-order valence-electron chi connectivity index (χ3n) is 3.56. The summed E-state index contributed by atoms with van der Waals surface area (Å²) in [5.41, 5.74) is 1.53. The lowest BCUT2D eigenvalue weighted by Gasteiger charge is -2.27. The van der Waals surface area contributed by atoms with Gasteiger partial charge in [0.15, 0.2) is 0 Å². The van der Waals surface area contributed by atoms with E-state index in [4.69, 9.17) is 4.74 Å². The van der Waals surface area contributed by atoms with Crippen LogP contribution in [0, 0.1) is 5.92 Å². The van der Waals surface area contributed by atoms with Crippen LogP contribution in [0.25, 0.3) is 0 Å². The van der Waals surface area contributed by atoms with E-state index in [-0.39, 0.29) is 11.6 Å². The van der Waals surface area contributed by atoms with Crippen LogP contribution in [0.2, 0.25) is 0 Å². The van der Waals surface area contributed by atoms with Crippen LogP contribution in [-0.4, -0.2) is 18.2 Å². The molecule has 2 heteroatoms. The van der Waals surface area contributed by atoms with Crippen molar-refractivity contribution < 1.29 is 4.74 Å². The second kappa shape index (κ2) is 7.12. The number of rotatable bonds is 6. The normalized spacial score (nSPS) is 15.2. The molecule has 0 aliphatic carbocycles. The van der Waals surface area contributed by atoms with Gasteiger partial charge in [-0.2, -0.15) is 0 Å². The second-order valence-electron chi connectivity index (χ2n) is 7.14. The molecule has 114 valence electrons. The maximum atomic E-state index is 5.78. The van der Waals surface area contributed by atoms with E-state index >= 15 is 0 Å². The van der Waals surface area contributed by atoms with Crippen LogP contribution in [0.3, 0.4) is 0 Å². The van der Waals surface area contributed by atoms with Crippen LogP contribution in [-0.2, 0) is 0 Å². The lowest BCUT2D eigenvalue weighted by atomic mass is 9.88. The van der Waals surface area contributed by atoms with Gasteiger partial charge >= 0.3 is 0 Å². The summed E-state index contributed by atoms with van der Waals surface area (Å²) >= 11 is 0. The molecule has 20 heavy (non-hydrogen) atoms. The van der Waals surface area contributed by atoms with E-state index in [1.165, 1.54) is 5.56 Å². The molecule has 2 unspecified atom stereocenters. The largest absolute Gasteiger partial charge is 0.491 e. The van der Waals surface area contributed by atoms with Crippen molar-refractivity contribution in [1.29, 1.82) is 0 Å². The van der Waals surface area contributed by atoms with Crippen LogP contribution in [0.1, 0.15) is 59.9 Å². The van der Waals surface area contributed by atoms with Crippen molar-refractivity contribution in [3.8, 4) is 5.75 Å². The van der Waals surface area contributed by atoms with Crippen molar-refractivity contribution in [3.05, 3.63) is 29.8 Å². The Morgan fingerprint density at radius 3 is 2.30 bits per heavy atom. The summed E-state index contributed by atoms with van der Waals surface area (Å²) in [4.78, 5) is 0. The first-order valence-electron chi connectivity index (χ1n) is 7.70. The molecule has 1 N–H and O–H groups in total. The van der Waals surface area contributed by atoms with E-state index in [9.17, 15) is 0 Å². The highest BCUT2D eigenvalue weighted by molar-refractivity contribution is 5.31. The summed E-state index contributed by atoms with van der Waals surface area (Å²) in [6.07, 6.45) is 0.223. The number of benzene rings is 1. The summed E-state index contributed by atoms with van der Waals surface area (Å²) in [6, 6.07) is 8.51. The highest BCUT2D eigenvalue weighted by atomic mass is 16.5. The number of nitrogens with one attached hydrogen (secondary N) is 1. The zero-order valence-corrected chi connectivity index (χ0v) is 14.2. The van der Waals surface area contributed by atoms with Crippen LogP contribution in [0.4, 0.5) is 0 Å². The Hall–Kier alpha value is -1.02. The molecule has 2 atom stereocenters. The minimum absolute atomic E-state index is 0.177. The number of ether oxygens (including phenoxy) is 1. The summed E-state index contributed by atoms with van der Waals surface area (Å²) in [5.74, 6) is 2.07. The molecule has 2 nitrogen and oxygen atoms in total. The fourth-order valence-electron chi connectivity index (χ4n) is 2.12. The minimum Gasteiger partial charge on any atom is -0.491 e. The van der Waals surface area contributed by atoms with Gasteiger partial charge in [-0.15, -0.1) is 0 Å². The lowest BCUT2D eigenvalue weighted by Crippen LogP contribution is -2.39. The maximum Gasteiger partial charge on any atom is 0.119 e. The highest BCUT2D eigenvalue weighted by Crippen LogP contribution is 2.27. The Labute approximate surface area is 124 Å². The Bertz CT molecular complexity index is 406. The van der Waals surface area contributed by atoms with Crippen molar-refractivity contribution in [2.45, 2.75) is 66.0 Å². The molecule has 1 rings (SSSR count). The van der Waals surface area contributed by atoms with E-state index in [0.717, 1.165) is 12.3 Å². The van der Waals surface area contributed by atoms with Gasteiger partial charge in [0.05, 0.1) is 6.10 Å². The van der Waals surface area contributed by atoms with Crippen molar-refractivity contribution in [1.82, 2.24) is 5.32 Å².